The molecule has 0 radical (unpaired) electrons. The maximum absolute atomic E-state index is 5.02. The van der Waals surface area contributed by atoms with Crippen molar-refractivity contribution in [1.29, 1.82) is 0 Å². The standard InChI is InChI=1S/C13H17N3OS2/c1-10-9-18-13(16-10)19-12-11(4-3-5-15-12)8-14-6-7-17-2/h3-5,9,14H,6-8H2,1-2H3. The first-order chi connectivity index (χ1) is 9.29. The minimum atomic E-state index is 0.717. The number of ether oxygens (including phenoxy) is 1. The molecule has 19 heavy (non-hydrogen) atoms. The summed E-state index contributed by atoms with van der Waals surface area (Å²) in [5.74, 6) is 0. The van der Waals surface area contributed by atoms with E-state index in [0.29, 0.717) is 6.61 Å². The monoisotopic (exact) mass is 295 g/mol. The SMILES string of the molecule is COCCNCc1cccnc1Sc1nc(C)cs1. The number of hydrogen-bond acceptors (Lipinski definition) is 6. The highest BCUT2D eigenvalue weighted by atomic mass is 32.2. The molecule has 0 unspecified atom stereocenters. The summed E-state index contributed by atoms with van der Waals surface area (Å²) in [4.78, 5) is 8.90. The topological polar surface area (TPSA) is 47.0 Å². The van der Waals surface area contributed by atoms with Crippen molar-refractivity contribution in [2.75, 3.05) is 20.3 Å². The quantitative estimate of drug-likeness (QED) is 0.796. The van der Waals surface area contributed by atoms with E-state index < -0.39 is 0 Å². The third-order valence-corrected chi connectivity index (χ3v) is 4.55. The van der Waals surface area contributed by atoms with Crippen LogP contribution in [0.2, 0.25) is 0 Å². The minimum Gasteiger partial charge on any atom is -0.383 e. The fourth-order valence-electron chi connectivity index (χ4n) is 1.51. The predicted octanol–water partition coefficient (Wildman–Crippen LogP) is 2.73. The average molecular weight is 295 g/mol. The normalized spacial score (nSPS) is 10.8. The lowest BCUT2D eigenvalue weighted by Crippen LogP contribution is -2.19. The van der Waals surface area contributed by atoms with Gasteiger partial charge in [0.05, 0.1) is 6.61 Å². The van der Waals surface area contributed by atoms with Crippen molar-refractivity contribution < 1.29 is 4.74 Å². The fraction of sp³-hybridized carbons (Fsp3) is 0.385. The summed E-state index contributed by atoms with van der Waals surface area (Å²) in [5, 5.41) is 6.41. The Balaban J connectivity index is 1.99. The van der Waals surface area contributed by atoms with Crippen molar-refractivity contribution in [3.63, 3.8) is 0 Å². The first kappa shape index (κ1) is 14.5. The van der Waals surface area contributed by atoms with Crippen molar-refractivity contribution in [2.24, 2.45) is 0 Å². The van der Waals surface area contributed by atoms with E-state index in [1.165, 1.54) is 5.56 Å². The summed E-state index contributed by atoms with van der Waals surface area (Å²) < 4.78 is 6.05. The fourth-order valence-corrected chi connectivity index (χ4v) is 3.34. The second-order valence-corrected chi connectivity index (χ2v) is 6.09. The van der Waals surface area contributed by atoms with Gasteiger partial charge in [-0.05, 0) is 30.3 Å². The van der Waals surface area contributed by atoms with Crippen molar-refractivity contribution in [3.8, 4) is 0 Å². The van der Waals surface area contributed by atoms with E-state index in [-0.39, 0.29) is 0 Å². The Kier molecular flexibility index (Phi) is 5.78. The third kappa shape index (κ3) is 4.58. The number of rotatable bonds is 7. The lowest BCUT2D eigenvalue weighted by atomic mass is 10.3. The molecule has 0 saturated heterocycles. The van der Waals surface area contributed by atoms with E-state index >= 15 is 0 Å². The number of hydrogen-bond donors (Lipinski definition) is 1. The molecule has 2 aromatic rings. The Morgan fingerprint density at radius 3 is 3.11 bits per heavy atom. The zero-order chi connectivity index (χ0) is 13.5. The second kappa shape index (κ2) is 7.59. The average Bonchev–Trinajstić information content (AvgIpc) is 2.82. The molecule has 0 bridgehead atoms. The van der Waals surface area contributed by atoms with Crippen LogP contribution in [0.1, 0.15) is 11.3 Å². The first-order valence-corrected chi connectivity index (χ1v) is 7.72. The molecule has 0 aliphatic carbocycles. The molecule has 0 amide bonds. The van der Waals surface area contributed by atoms with Crippen LogP contribution in [0, 0.1) is 6.92 Å². The zero-order valence-electron chi connectivity index (χ0n) is 11.0. The molecule has 0 spiro atoms. The van der Waals surface area contributed by atoms with Crippen LogP contribution in [0.15, 0.2) is 33.1 Å². The van der Waals surface area contributed by atoms with Gasteiger partial charge in [-0.1, -0.05) is 6.07 Å². The summed E-state index contributed by atoms with van der Waals surface area (Å²) in [5.41, 5.74) is 2.25. The lowest BCUT2D eigenvalue weighted by molar-refractivity contribution is 0.199. The molecule has 1 N–H and O–H groups in total. The molecule has 0 aliphatic rings. The van der Waals surface area contributed by atoms with Crippen LogP contribution < -0.4 is 5.32 Å². The Hall–Kier alpha value is -0.950. The molecular weight excluding hydrogens is 278 g/mol. The lowest BCUT2D eigenvalue weighted by Gasteiger charge is -2.07. The van der Waals surface area contributed by atoms with E-state index in [0.717, 1.165) is 28.1 Å². The third-order valence-electron chi connectivity index (χ3n) is 2.43. The number of nitrogens with one attached hydrogen (secondary N) is 1. The van der Waals surface area contributed by atoms with Gasteiger partial charge in [0.15, 0.2) is 4.34 Å². The van der Waals surface area contributed by atoms with E-state index in [4.69, 9.17) is 4.74 Å². The van der Waals surface area contributed by atoms with E-state index in [1.807, 2.05) is 19.2 Å². The van der Waals surface area contributed by atoms with Gasteiger partial charge < -0.3 is 10.1 Å². The Labute approximate surface area is 121 Å². The molecule has 0 atom stereocenters. The van der Waals surface area contributed by atoms with Gasteiger partial charge in [-0.2, -0.15) is 0 Å². The van der Waals surface area contributed by atoms with E-state index in [2.05, 4.69) is 26.7 Å². The Morgan fingerprint density at radius 1 is 1.47 bits per heavy atom. The van der Waals surface area contributed by atoms with Crippen LogP contribution in [0.25, 0.3) is 0 Å². The number of aryl methyl sites for hydroxylation is 1. The smallest absolute Gasteiger partial charge is 0.156 e. The number of thiazole rings is 1. The summed E-state index contributed by atoms with van der Waals surface area (Å²) in [6, 6.07) is 4.06. The second-order valence-electron chi connectivity index (χ2n) is 3.99. The Bertz CT molecular complexity index is 516. The highest BCUT2D eigenvalue weighted by Gasteiger charge is 2.07. The van der Waals surface area contributed by atoms with Crippen LogP contribution >= 0.6 is 23.1 Å². The summed E-state index contributed by atoms with van der Waals surface area (Å²) in [7, 11) is 1.71. The maximum atomic E-state index is 5.02. The molecule has 2 heterocycles. The van der Waals surface area contributed by atoms with E-state index in [9.17, 15) is 0 Å². The molecular formula is C13H17N3OS2. The van der Waals surface area contributed by atoms with Crippen molar-refractivity contribution >= 4 is 23.1 Å². The van der Waals surface area contributed by atoms with Crippen LogP contribution in [-0.2, 0) is 11.3 Å². The first-order valence-electron chi connectivity index (χ1n) is 6.03. The molecule has 2 aromatic heterocycles. The number of methoxy groups -OCH3 is 1. The van der Waals surface area contributed by atoms with Crippen LogP contribution in [-0.4, -0.2) is 30.2 Å². The molecule has 0 aromatic carbocycles. The summed E-state index contributed by atoms with van der Waals surface area (Å²) in [6.07, 6.45) is 1.82. The van der Waals surface area contributed by atoms with Gasteiger partial charge in [0, 0.05) is 37.5 Å². The predicted molar refractivity (Wildman–Crippen MR) is 78.8 cm³/mol. The molecule has 0 fully saturated rings. The number of pyridine rings is 1. The molecule has 4 nitrogen and oxygen atoms in total. The van der Waals surface area contributed by atoms with Gasteiger partial charge in [0.2, 0.25) is 0 Å². The van der Waals surface area contributed by atoms with Gasteiger partial charge in [0.25, 0.3) is 0 Å². The molecule has 0 aliphatic heterocycles. The highest BCUT2D eigenvalue weighted by molar-refractivity contribution is 8.01. The van der Waals surface area contributed by atoms with Crippen LogP contribution in [0.4, 0.5) is 0 Å². The maximum Gasteiger partial charge on any atom is 0.156 e. The van der Waals surface area contributed by atoms with E-state index in [1.54, 1.807) is 30.2 Å². The van der Waals surface area contributed by atoms with Crippen molar-refractivity contribution in [2.45, 2.75) is 22.8 Å². The van der Waals surface area contributed by atoms with Gasteiger partial charge in [-0.15, -0.1) is 11.3 Å². The largest absolute Gasteiger partial charge is 0.383 e. The summed E-state index contributed by atoms with van der Waals surface area (Å²) in [6.45, 7) is 4.36. The zero-order valence-corrected chi connectivity index (χ0v) is 12.7. The number of aromatic nitrogens is 2. The van der Waals surface area contributed by atoms with Crippen molar-refractivity contribution in [3.05, 3.63) is 35.0 Å². The Morgan fingerprint density at radius 2 is 2.37 bits per heavy atom. The molecule has 2 rings (SSSR count). The van der Waals surface area contributed by atoms with Gasteiger partial charge in [-0.25, -0.2) is 9.97 Å². The number of nitrogens with zero attached hydrogens (tertiary/aromatic N) is 2. The minimum absolute atomic E-state index is 0.717. The molecule has 102 valence electrons. The van der Waals surface area contributed by atoms with Gasteiger partial charge in [0.1, 0.15) is 5.03 Å². The molecule has 0 saturated carbocycles. The summed E-state index contributed by atoms with van der Waals surface area (Å²) >= 11 is 3.28. The van der Waals surface area contributed by atoms with Crippen LogP contribution in [0.5, 0.6) is 0 Å². The van der Waals surface area contributed by atoms with Gasteiger partial charge >= 0.3 is 0 Å². The van der Waals surface area contributed by atoms with Crippen molar-refractivity contribution in [1.82, 2.24) is 15.3 Å². The van der Waals surface area contributed by atoms with Crippen LogP contribution in [0.3, 0.4) is 0 Å². The molecule has 6 heteroatoms. The highest BCUT2D eigenvalue weighted by Crippen LogP contribution is 2.30. The van der Waals surface area contributed by atoms with Gasteiger partial charge in [-0.3, -0.25) is 0 Å².